The monoisotopic (exact) mass is 411 g/mol. The minimum absolute atomic E-state index is 0.0384. The number of halogens is 1. The first-order valence-electron chi connectivity index (χ1n) is 9.61. The Hall–Kier alpha value is -2.00. The lowest BCUT2D eigenvalue weighted by Crippen LogP contribution is -2.43. The second-order valence-corrected chi connectivity index (χ2v) is 9.14. The summed E-state index contributed by atoms with van der Waals surface area (Å²) < 4.78 is 44.9. The van der Waals surface area contributed by atoms with Crippen molar-refractivity contribution in [2.24, 2.45) is 5.92 Å². The van der Waals surface area contributed by atoms with Crippen LogP contribution < -0.4 is 10.1 Å². The number of pyridine rings is 1. The average molecular weight is 411 g/mol. The molecular formula is C19H26FN3O4S. The second kappa shape index (κ2) is 9.00. The lowest BCUT2D eigenvalue weighted by Gasteiger charge is -2.30. The number of amides is 1. The van der Waals surface area contributed by atoms with Gasteiger partial charge in [0.05, 0.1) is 12.5 Å². The SMILES string of the molecule is CC/C(=C\F)COc1ccc(S(=O)(=O)N2CCC(C(=O)NC3CC3)CC2)cn1. The number of hydrogen-bond acceptors (Lipinski definition) is 5. The predicted molar refractivity (Wildman–Crippen MR) is 102 cm³/mol. The molecule has 0 radical (unpaired) electrons. The largest absolute Gasteiger partial charge is 0.473 e. The maximum Gasteiger partial charge on any atom is 0.244 e. The molecule has 1 amide bonds. The summed E-state index contributed by atoms with van der Waals surface area (Å²) in [6.45, 7) is 2.51. The molecule has 0 aromatic carbocycles. The Kier molecular flexibility index (Phi) is 6.66. The number of carbonyl (C=O) groups is 1. The summed E-state index contributed by atoms with van der Waals surface area (Å²) in [5, 5.41) is 2.99. The third-order valence-corrected chi connectivity index (χ3v) is 6.99. The van der Waals surface area contributed by atoms with E-state index in [9.17, 15) is 17.6 Å². The fourth-order valence-corrected chi connectivity index (χ4v) is 4.45. The van der Waals surface area contributed by atoms with Gasteiger partial charge in [-0.3, -0.25) is 4.79 Å². The molecule has 1 aliphatic heterocycles. The normalized spacial score (nSPS) is 19.4. The molecule has 28 heavy (non-hydrogen) atoms. The maximum atomic E-state index is 12.8. The molecule has 2 heterocycles. The van der Waals surface area contributed by atoms with E-state index in [2.05, 4.69) is 10.3 Å². The molecule has 1 aliphatic carbocycles. The van der Waals surface area contributed by atoms with Gasteiger partial charge in [-0.1, -0.05) is 6.92 Å². The number of nitrogens with zero attached hydrogens (tertiary/aromatic N) is 2. The van der Waals surface area contributed by atoms with Crippen molar-refractivity contribution in [3.05, 3.63) is 30.2 Å². The number of aromatic nitrogens is 1. The Balaban J connectivity index is 1.56. The molecule has 3 rings (SSSR count). The first-order valence-corrected chi connectivity index (χ1v) is 11.1. The number of piperidine rings is 1. The van der Waals surface area contributed by atoms with E-state index in [1.54, 1.807) is 0 Å². The van der Waals surface area contributed by atoms with Gasteiger partial charge in [0.2, 0.25) is 21.8 Å². The number of ether oxygens (including phenoxy) is 1. The summed E-state index contributed by atoms with van der Waals surface area (Å²) in [6.07, 6.45) is 5.39. The zero-order chi connectivity index (χ0) is 20.1. The minimum Gasteiger partial charge on any atom is -0.473 e. The fraction of sp³-hybridized carbons (Fsp3) is 0.579. The van der Waals surface area contributed by atoms with Gasteiger partial charge in [-0.15, -0.1) is 0 Å². The Morgan fingerprint density at radius 2 is 2.04 bits per heavy atom. The van der Waals surface area contributed by atoms with Crippen LogP contribution in [0.25, 0.3) is 0 Å². The Labute approximate surface area is 165 Å². The van der Waals surface area contributed by atoms with E-state index >= 15 is 0 Å². The molecule has 7 nitrogen and oxygen atoms in total. The number of hydrogen-bond donors (Lipinski definition) is 1. The van der Waals surface area contributed by atoms with Crippen molar-refractivity contribution in [1.29, 1.82) is 0 Å². The summed E-state index contributed by atoms with van der Waals surface area (Å²) in [5.74, 6) is 0.149. The maximum absolute atomic E-state index is 12.8. The van der Waals surface area contributed by atoms with Crippen molar-refractivity contribution in [3.8, 4) is 5.88 Å². The summed E-state index contributed by atoms with van der Waals surface area (Å²) >= 11 is 0. The Morgan fingerprint density at radius 3 is 2.57 bits per heavy atom. The standard InChI is InChI=1S/C19H26FN3O4S/c1-2-14(11-20)13-27-18-6-5-17(12-21-18)28(25,26)23-9-7-15(8-10-23)19(24)22-16-3-4-16/h5-6,11-12,15-16H,2-4,7-10,13H2,1H3,(H,22,24)/b14-11+. The van der Waals surface area contributed by atoms with Crippen LogP contribution in [0, 0.1) is 5.92 Å². The molecular weight excluding hydrogens is 385 g/mol. The summed E-state index contributed by atoms with van der Waals surface area (Å²) in [6, 6.07) is 3.22. The van der Waals surface area contributed by atoms with E-state index in [-0.39, 0.29) is 29.2 Å². The van der Waals surface area contributed by atoms with E-state index in [0.717, 1.165) is 12.8 Å². The van der Waals surface area contributed by atoms with Crippen molar-refractivity contribution < 1.29 is 22.3 Å². The van der Waals surface area contributed by atoms with E-state index in [0.29, 0.717) is 50.3 Å². The average Bonchev–Trinajstić information content (AvgIpc) is 3.53. The molecule has 1 saturated heterocycles. The van der Waals surface area contributed by atoms with Gasteiger partial charge in [-0.25, -0.2) is 17.8 Å². The van der Waals surface area contributed by atoms with Crippen molar-refractivity contribution in [3.63, 3.8) is 0 Å². The van der Waals surface area contributed by atoms with Crippen molar-refractivity contribution in [2.45, 2.75) is 50.0 Å². The van der Waals surface area contributed by atoms with Gasteiger partial charge < -0.3 is 10.1 Å². The second-order valence-electron chi connectivity index (χ2n) is 7.20. The van der Waals surface area contributed by atoms with Crippen LogP contribution in [0.4, 0.5) is 4.39 Å². The highest BCUT2D eigenvalue weighted by Crippen LogP contribution is 2.26. The third-order valence-electron chi connectivity index (χ3n) is 5.11. The van der Waals surface area contributed by atoms with Crippen molar-refractivity contribution in [1.82, 2.24) is 14.6 Å². The van der Waals surface area contributed by atoms with Gasteiger partial charge >= 0.3 is 0 Å². The highest BCUT2D eigenvalue weighted by molar-refractivity contribution is 7.89. The quantitative estimate of drug-likeness (QED) is 0.710. The first-order chi connectivity index (χ1) is 13.4. The number of rotatable bonds is 8. The number of nitrogens with one attached hydrogen (secondary N) is 1. The van der Waals surface area contributed by atoms with Crippen LogP contribution in [0.2, 0.25) is 0 Å². The highest BCUT2D eigenvalue weighted by atomic mass is 32.2. The van der Waals surface area contributed by atoms with Gasteiger partial charge in [0.15, 0.2) is 0 Å². The Bertz CT molecular complexity index is 814. The molecule has 1 N–H and O–H groups in total. The van der Waals surface area contributed by atoms with E-state index in [4.69, 9.17) is 4.74 Å². The van der Waals surface area contributed by atoms with Gasteiger partial charge in [0.25, 0.3) is 0 Å². The van der Waals surface area contributed by atoms with Crippen molar-refractivity contribution in [2.75, 3.05) is 19.7 Å². The molecule has 0 atom stereocenters. The molecule has 0 bridgehead atoms. The fourth-order valence-electron chi connectivity index (χ4n) is 3.04. The topological polar surface area (TPSA) is 88.6 Å². The zero-order valence-electron chi connectivity index (χ0n) is 15.9. The first kappa shape index (κ1) is 20.7. The van der Waals surface area contributed by atoms with E-state index in [1.165, 1.54) is 22.6 Å². The van der Waals surface area contributed by atoms with Gasteiger partial charge in [-0.2, -0.15) is 4.31 Å². The van der Waals surface area contributed by atoms with Crippen LogP contribution in [0.5, 0.6) is 5.88 Å². The molecule has 0 spiro atoms. The molecule has 1 aromatic rings. The smallest absolute Gasteiger partial charge is 0.244 e. The summed E-state index contributed by atoms with van der Waals surface area (Å²) in [4.78, 5) is 16.2. The Morgan fingerprint density at radius 1 is 1.32 bits per heavy atom. The van der Waals surface area contributed by atoms with Crippen LogP contribution in [0.15, 0.2) is 35.1 Å². The molecule has 1 saturated carbocycles. The lowest BCUT2D eigenvalue weighted by atomic mass is 9.97. The molecule has 0 unspecified atom stereocenters. The van der Waals surface area contributed by atoms with Crippen LogP contribution in [0.3, 0.4) is 0 Å². The van der Waals surface area contributed by atoms with E-state index in [1.807, 2.05) is 6.92 Å². The van der Waals surface area contributed by atoms with Crippen LogP contribution >= 0.6 is 0 Å². The van der Waals surface area contributed by atoms with Crippen molar-refractivity contribution >= 4 is 15.9 Å². The molecule has 9 heteroatoms. The summed E-state index contributed by atoms with van der Waals surface area (Å²) in [7, 11) is -3.67. The van der Waals surface area contributed by atoms with Gasteiger partial charge in [-0.05, 0) is 43.7 Å². The molecule has 154 valence electrons. The van der Waals surface area contributed by atoms with Crippen LogP contribution in [-0.2, 0) is 14.8 Å². The van der Waals surface area contributed by atoms with Gasteiger partial charge in [0, 0.05) is 31.1 Å². The van der Waals surface area contributed by atoms with E-state index < -0.39 is 10.0 Å². The van der Waals surface area contributed by atoms with Gasteiger partial charge in [0.1, 0.15) is 11.5 Å². The van der Waals surface area contributed by atoms with Crippen LogP contribution in [-0.4, -0.2) is 49.4 Å². The number of carbonyl (C=O) groups excluding carboxylic acids is 1. The summed E-state index contributed by atoms with van der Waals surface area (Å²) in [5.41, 5.74) is 0.493. The zero-order valence-corrected chi connectivity index (χ0v) is 16.8. The lowest BCUT2D eigenvalue weighted by molar-refractivity contribution is -0.126. The highest BCUT2D eigenvalue weighted by Gasteiger charge is 2.34. The van der Waals surface area contributed by atoms with Crippen LogP contribution in [0.1, 0.15) is 39.0 Å². The molecule has 1 aromatic heterocycles. The molecule has 2 fully saturated rings. The third kappa shape index (κ3) is 5.08. The minimum atomic E-state index is -3.67. The number of sulfonamides is 1. The predicted octanol–water partition coefficient (Wildman–Crippen LogP) is 2.40. The molecule has 2 aliphatic rings.